The first kappa shape index (κ1) is 20.0. The van der Waals surface area contributed by atoms with Gasteiger partial charge >= 0.3 is 6.03 Å². The summed E-state index contributed by atoms with van der Waals surface area (Å²) in [5.74, 6) is -0.758. The van der Waals surface area contributed by atoms with Crippen molar-refractivity contribution < 1.29 is 14.4 Å². The van der Waals surface area contributed by atoms with Crippen molar-refractivity contribution in [1.29, 1.82) is 0 Å². The molecule has 1 fully saturated rings. The Bertz CT molecular complexity index is 1060. The monoisotopic (exact) mass is 424 g/mol. The molecule has 0 bridgehead atoms. The van der Waals surface area contributed by atoms with E-state index in [-0.39, 0.29) is 5.91 Å². The van der Waals surface area contributed by atoms with Gasteiger partial charge in [0, 0.05) is 24.0 Å². The van der Waals surface area contributed by atoms with Crippen molar-refractivity contribution in [3.63, 3.8) is 0 Å². The van der Waals surface area contributed by atoms with Crippen molar-refractivity contribution in [1.82, 2.24) is 10.2 Å². The highest BCUT2D eigenvalue weighted by Gasteiger charge is 2.49. The molecule has 1 saturated heterocycles. The summed E-state index contributed by atoms with van der Waals surface area (Å²) < 4.78 is 0. The van der Waals surface area contributed by atoms with E-state index in [9.17, 15) is 14.4 Å². The van der Waals surface area contributed by atoms with E-state index < -0.39 is 24.0 Å². The largest absolute Gasteiger partial charge is 0.366 e. The molecule has 2 aliphatic rings. The van der Waals surface area contributed by atoms with Gasteiger partial charge < -0.3 is 15.5 Å². The van der Waals surface area contributed by atoms with Crippen molar-refractivity contribution in [2.75, 3.05) is 17.3 Å². The maximum atomic E-state index is 13.2. The first-order valence-electron chi connectivity index (χ1n) is 9.48. The molecule has 2 atom stereocenters. The number of anilines is 2. The Balaban J connectivity index is 1.58. The summed E-state index contributed by atoms with van der Waals surface area (Å²) in [6.07, 6.45) is 1.61. The molecule has 2 aromatic carbocycles. The number of urea groups is 1. The Morgan fingerprint density at radius 1 is 1.07 bits per heavy atom. The van der Waals surface area contributed by atoms with Crippen molar-refractivity contribution in [3.05, 3.63) is 70.4 Å². The molecule has 2 unspecified atom stereocenters. The lowest BCUT2D eigenvalue weighted by molar-refractivity contribution is -0.122. The third-order valence-electron chi connectivity index (χ3n) is 5.21. The number of carbonyl (C=O) groups excluding carboxylic acids is 3. The number of amides is 4. The van der Waals surface area contributed by atoms with E-state index in [0.717, 1.165) is 16.0 Å². The normalized spacial score (nSPS) is 20.6. The van der Waals surface area contributed by atoms with Gasteiger partial charge in [0.2, 0.25) is 0 Å². The van der Waals surface area contributed by atoms with Crippen molar-refractivity contribution in [2.24, 2.45) is 0 Å². The predicted octanol–water partition coefficient (Wildman–Crippen LogP) is 3.22. The molecular weight excluding hydrogens is 404 g/mol. The first-order valence-corrected chi connectivity index (χ1v) is 9.86. The average molecular weight is 425 g/mol. The van der Waals surface area contributed by atoms with Crippen LogP contribution in [0.15, 0.2) is 54.2 Å². The van der Waals surface area contributed by atoms with Crippen LogP contribution in [0.2, 0.25) is 5.02 Å². The summed E-state index contributed by atoms with van der Waals surface area (Å²) in [5, 5.41) is 6.18. The molecule has 8 heteroatoms. The SMILES string of the molecule is Cc1cc(C)cc(NC(=O)C2=CN(C)C3C(=O)N(c4ccc(Cl)cc4)C(=O)NC23)c1. The fraction of sp³-hybridized carbons (Fsp3) is 0.227. The van der Waals surface area contributed by atoms with E-state index in [2.05, 4.69) is 10.6 Å². The quantitative estimate of drug-likeness (QED) is 0.792. The van der Waals surface area contributed by atoms with Crippen molar-refractivity contribution in [3.8, 4) is 0 Å². The lowest BCUT2D eigenvalue weighted by atomic mass is 9.99. The van der Waals surface area contributed by atoms with Gasteiger partial charge in [0.25, 0.3) is 11.8 Å². The van der Waals surface area contributed by atoms with E-state index in [1.165, 1.54) is 0 Å². The van der Waals surface area contributed by atoms with Gasteiger partial charge in [0.1, 0.15) is 6.04 Å². The van der Waals surface area contributed by atoms with Crippen LogP contribution in [-0.2, 0) is 9.59 Å². The number of hydrogen-bond acceptors (Lipinski definition) is 4. The van der Waals surface area contributed by atoms with Crippen LogP contribution in [0.4, 0.5) is 16.2 Å². The van der Waals surface area contributed by atoms with E-state index in [0.29, 0.717) is 22.0 Å². The highest BCUT2D eigenvalue weighted by atomic mass is 35.5. The summed E-state index contributed by atoms with van der Waals surface area (Å²) in [5.41, 5.74) is 3.47. The van der Waals surface area contributed by atoms with Gasteiger partial charge in [-0.05, 0) is 61.4 Å². The minimum atomic E-state index is -0.732. The Morgan fingerprint density at radius 3 is 2.33 bits per heavy atom. The number of benzene rings is 2. The Morgan fingerprint density at radius 2 is 1.70 bits per heavy atom. The third kappa shape index (κ3) is 3.52. The topological polar surface area (TPSA) is 81.8 Å². The molecule has 154 valence electrons. The molecule has 2 N–H and O–H groups in total. The third-order valence-corrected chi connectivity index (χ3v) is 5.47. The van der Waals surface area contributed by atoms with Gasteiger partial charge in [0.15, 0.2) is 0 Å². The van der Waals surface area contributed by atoms with Crippen molar-refractivity contribution in [2.45, 2.75) is 25.9 Å². The lowest BCUT2D eigenvalue weighted by Gasteiger charge is -2.37. The number of hydrogen-bond donors (Lipinski definition) is 2. The van der Waals surface area contributed by atoms with Crippen LogP contribution in [0.3, 0.4) is 0 Å². The second-order valence-electron chi connectivity index (χ2n) is 7.60. The number of likely N-dealkylation sites (N-methyl/N-ethyl adjacent to an activating group) is 1. The van der Waals surface area contributed by atoms with Crippen LogP contribution >= 0.6 is 11.6 Å². The van der Waals surface area contributed by atoms with Crippen LogP contribution in [-0.4, -0.2) is 41.9 Å². The molecule has 4 amide bonds. The van der Waals surface area contributed by atoms with Gasteiger partial charge in [0.05, 0.1) is 17.3 Å². The Labute approximate surface area is 179 Å². The second kappa shape index (κ2) is 7.50. The van der Waals surface area contributed by atoms with Gasteiger partial charge in [-0.25, -0.2) is 9.69 Å². The maximum absolute atomic E-state index is 13.2. The smallest absolute Gasteiger partial charge is 0.329 e. The van der Waals surface area contributed by atoms with Gasteiger partial charge in [-0.3, -0.25) is 9.59 Å². The van der Waals surface area contributed by atoms with Gasteiger partial charge in [-0.1, -0.05) is 17.7 Å². The summed E-state index contributed by atoms with van der Waals surface area (Å²) >= 11 is 5.91. The predicted molar refractivity (Wildman–Crippen MR) is 115 cm³/mol. The number of fused-ring (bicyclic) bond motifs is 1. The molecule has 2 aromatic rings. The molecule has 0 saturated carbocycles. The van der Waals surface area contributed by atoms with E-state index in [1.807, 2.05) is 32.0 Å². The number of imide groups is 1. The van der Waals surface area contributed by atoms with E-state index in [4.69, 9.17) is 11.6 Å². The molecule has 2 aliphatic heterocycles. The fourth-order valence-electron chi connectivity index (χ4n) is 3.97. The molecule has 0 radical (unpaired) electrons. The molecule has 4 rings (SSSR count). The molecule has 2 heterocycles. The lowest BCUT2D eigenvalue weighted by Crippen LogP contribution is -2.65. The first-order chi connectivity index (χ1) is 14.2. The van der Waals surface area contributed by atoms with Crippen LogP contribution in [0.25, 0.3) is 0 Å². The Hall–Kier alpha value is -3.32. The average Bonchev–Trinajstić information content (AvgIpc) is 2.99. The summed E-state index contributed by atoms with van der Waals surface area (Å²) in [6.45, 7) is 3.90. The minimum absolute atomic E-state index is 0.333. The number of halogens is 1. The zero-order valence-corrected chi connectivity index (χ0v) is 17.5. The standard InChI is InChI=1S/C22H21ClN4O3/c1-12-8-13(2)10-15(9-12)24-20(28)17-11-26(3)19-18(17)25-22(30)27(21(19)29)16-6-4-14(23)5-7-16/h4-11,18-19H,1-3H3,(H,24,28)(H,25,30). The zero-order valence-electron chi connectivity index (χ0n) is 16.8. The van der Waals surface area contributed by atoms with E-state index in [1.54, 1.807) is 42.4 Å². The Kier molecular flexibility index (Phi) is 4.99. The molecular formula is C22H21ClN4O3. The van der Waals surface area contributed by atoms with Crippen LogP contribution in [0, 0.1) is 13.8 Å². The molecule has 0 aromatic heterocycles. The highest BCUT2D eigenvalue weighted by molar-refractivity contribution is 6.30. The second-order valence-corrected chi connectivity index (χ2v) is 8.04. The summed E-state index contributed by atoms with van der Waals surface area (Å²) in [4.78, 5) is 41.6. The zero-order chi connectivity index (χ0) is 21.6. The summed E-state index contributed by atoms with van der Waals surface area (Å²) in [7, 11) is 1.71. The molecule has 30 heavy (non-hydrogen) atoms. The minimum Gasteiger partial charge on any atom is -0.366 e. The maximum Gasteiger partial charge on any atom is 0.329 e. The van der Waals surface area contributed by atoms with Crippen LogP contribution in [0.1, 0.15) is 11.1 Å². The fourth-order valence-corrected chi connectivity index (χ4v) is 4.10. The van der Waals surface area contributed by atoms with E-state index >= 15 is 0 Å². The van der Waals surface area contributed by atoms with Gasteiger partial charge in [-0.2, -0.15) is 0 Å². The number of carbonyl (C=O) groups is 3. The number of aryl methyl sites for hydroxylation is 2. The summed E-state index contributed by atoms with van der Waals surface area (Å²) in [6, 6.07) is 10.2. The number of rotatable bonds is 3. The number of nitrogens with one attached hydrogen (secondary N) is 2. The molecule has 0 spiro atoms. The van der Waals surface area contributed by atoms with Crippen LogP contribution < -0.4 is 15.5 Å². The van der Waals surface area contributed by atoms with Crippen LogP contribution in [0.5, 0.6) is 0 Å². The van der Waals surface area contributed by atoms with Gasteiger partial charge in [-0.15, -0.1) is 0 Å². The number of nitrogens with zero attached hydrogens (tertiary/aromatic N) is 2. The molecule has 0 aliphatic carbocycles. The molecule has 7 nitrogen and oxygen atoms in total. The van der Waals surface area contributed by atoms with Crippen molar-refractivity contribution >= 4 is 40.8 Å². The highest BCUT2D eigenvalue weighted by Crippen LogP contribution is 2.30.